The van der Waals surface area contributed by atoms with Crippen molar-refractivity contribution >= 4 is 17.4 Å². The fraction of sp³-hybridized carbons (Fsp3) is 0.257. The molecule has 4 aromatic rings. The van der Waals surface area contributed by atoms with Gasteiger partial charge in [0.05, 0.1) is 20.8 Å². The molecule has 0 aliphatic carbocycles. The highest BCUT2D eigenvalue weighted by molar-refractivity contribution is 6.11. The summed E-state index contributed by atoms with van der Waals surface area (Å²) in [6.07, 6.45) is 1.88. The molecule has 0 saturated heterocycles. The van der Waals surface area contributed by atoms with Crippen molar-refractivity contribution in [1.82, 2.24) is 4.90 Å². The van der Waals surface area contributed by atoms with Crippen LogP contribution in [0.25, 0.3) is 0 Å². The lowest BCUT2D eigenvalue weighted by Crippen LogP contribution is -2.32. The summed E-state index contributed by atoms with van der Waals surface area (Å²) in [6, 6.07) is 25.7. The number of carbonyl (C=O) groups excluding carboxylic acids is 2. The van der Waals surface area contributed by atoms with E-state index in [1.54, 1.807) is 50.6 Å². The molecule has 7 nitrogen and oxygen atoms in total. The van der Waals surface area contributed by atoms with Gasteiger partial charge in [-0.3, -0.25) is 14.5 Å². The average Bonchev–Trinajstić information content (AvgIpc) is 3.03. The van der Waals surface area contributed by atoms with Gasteiger partial charge in [0.1, 0.15) is 5.75 Å². The summed E-state index contributed by atoms with van der Waals surface area (Å²) < 4.78 is 17.0. The largest absolute Gasteiger partial charge is 0.494 e. The van der Waals surface area contributed by atoms with Gasteiger partial charge < -0.3 is 19.5 Å². The molecule has 7 heteroatoms. The van der Waals surface area contributed by atoms with Gasteiger partial charge in [-0.2, -0.15) is 0 Å². The molecule has 0 bridgehead atoms. The van der Waals surface area contributed by atoms with Crippen LogP contribution in [0.4, 0.5) is 5.69 Å². The van der Waals surface area contributed by atoms with Gasteiger partial charge in [-0.15, -0.1) is 0 Å². The molecule has 216 valence electrons. The van der Waals surface area contributed by atoms with Crippen molar-refractivity contribution in [2.75, 3.05) is 39.2 Å². The number of hydrogen-bond acceptors (Lipinski definition) is 6. The number of fused-ring (bicyclic) bond motifs is 1. The first kappa shape index (κ1) is 28.9. The second kappa shape index (κ2) is 13.4. The molecule has 0 saturated carbocycles. The Kier molecular flexibility index (Phi) is 9.19. The number of ether oxygens (including phenoxy) is 3. The third-order valence-electron chi connectivity index (χ3n) is 7.55. The molecule has 1 aliphatic heterocycles. The van der Waals surface area contributed by atoms with Crippen molar-refractivity contribution in [1.29, 1.82) is 0 Å². The quantitative estimate of drug-likeness (QED) is 0.170. The second-order valence-electron chi connectivity index (χ2n) is 10.4. The minimum atomic E-state index is -0.270. The number of rotatable bonds is 11. The van der Waals surface area contributed by atoms with E-state index in [4.69, 9.17) is 14.2 Å². The standard InChI is InChI=1S/C35H36N2O5/c1-24-19-30(42-18-8-16-37-17-15-26-21-32(40-2)33(41-3)22-29(26)23-37)13-14-31(24)36-35(39)28-12-7-11-27(20-28)34(38)25-9-5-4-6-10-25/h4-7,9-14,19-22H,8,15-18,23H2,1-3H3,(H,36,39). The molecule has 0 radical (unpaired) electrons. The maximum atomic E-state index is 13.0. The van der Waals surface area contributed by atoms with Crippen molar-refractivity contribution in [3.63, 3.8) is 0 Å². The van der Waals surface area contributed by atoms with Crippen LogP contribution >= 0.6 is 0 Å². The molecule has 0 aromatic heterocycles. The molecule has 0 spiro atoms. The number of amides is 1. The number of methoxy groups -OCH3 is 2. The summed E-state index contributed by atoms with van der Waals surface area (Å²) in [7, 11) is 3.33. The molecular weight excluding hydrogens is 528 g/mol. The van der Waals surface area contributed by atoms with Gasteiger partial charge in [-0.1, -0.05) is 42.5 Å². The van der Waals surface area contributed by atoms with Crippen molar-refractivity contribution in [3.05, 3.63) is 118 Å². The number of carbonyl (C=O) groups is 2. The number of anilines is 1. The summed E-state index contributed by atoms with van der Waals surface area (Å²) in [5, 5.41) is 2.96. The van der Waals surface area contributed by atoms with Crippen LogP contribution in [-0.2, 0) is 13.0 Å². The molecule has 42 heavy (non-hydrogen) atoms. The molecule has 0 atom stereocenters. The summed E-state index contributed by atoms with van der Waals surface area (Å²) in [5.74, 6) is 1.93. The van der Waals surface area contributed by atoms with Gasteiger partial charge in [0.25, 0.3) is 5.91 Å². The average molecular weight is 565 g/mol. The van der Waals surface area contributed by atoms with Crippen LogP contribution in [0.1, 0.15) is 49.4 Å². The van der Waals surface area contributed by atoms with Crippen LogP contribution < -0.4 is 19.5 Å². The van der Waals surface area contributed by atoms with E-state index in [0.717, 1.165) is 55.3 Å². The highest BCUT2D eigenvalue weighted by Gasteiger charge is 2.19. The van der Waals surface area contributed by atoms with E-state index < -0.39 is 0 Å². The van der Waals surface area contributed by atoms with Crippen molar-refractivity contribution < 1.29 is 23.8 Å². The summed E-state index contributed by atoms with van der Waals surface area (Å²) >= 11 is 0. The van der Waals surface area contributed by atoms with Crippen LogP contribution in [0.2, 0.25) is 0 Å². The minimum Gasteiger partial charge on any atom is -0.494 e. The van der Waals surface area contributed by atoms with E-state index in [1.807, 2.05) is 43.3 Å². The van der Waals surface area contributed by atoms with Crippen molar-refractivity contribution in [2.24, 2.45) is 0 Å². The lowest BCUT2D eigenvalue weighted by Gasteiger charge is -2.29. The zero-order valence-electron chi connectivity index (χ0n) is 24.3. The van der Waals surface area contributed by atoms with Crippen LogP contribution in [0, 0.1) is 6.92 Å². The number of benzene rings is 4. The Bertz CT molecular complexity index is 1570. The number of hydrogen-bond donors (Lipinski definition) is 1. The molecule has 0 fully saturated rings. The van der Waals surface area contributed by atoms with Gasteiger partial charge in [-0.05, 0) is 78.9 Å². The van der Waals surface area contributed by atoms with Crippen molar-refractivity contribution in [3.8, 4) is 17.2 Å². The van der Waals surface area contributed by atoms with Gasteiger partial charge >= 0.3 is 0 Å². The Labute approximate surface area is 247 Å². The predicted molar refractivity (Wildman–Crippen MR) is 164 cm³/mol. The SMILES string of the molecule is COc1cc2c(cc1OC)CN(CCCOc1ccc(NC(=O)c3cccc(C(=O)c4ccccc4)c3)c(C)c1)CC2. The summed E-state index contributed by atoms with van der Waals surface area (Å²) in [5.41, 5.74) is 5.68. The molecule has 1 N–H and O–H groups in total. The van der Waals surface area contributed by atoms with Gasteiger partial charge in [0.2, 0.25) is 0 Å². The smallest absolute Gasteiger partial charge is 0.255 e. The van der Waals surface area contributed by atoms with Crippen LogP contribution in [0.5, 0.6) is 17.2 Å². The zero-order chi connectivity index (χ0) is 29.5. The summed E-state index contributed by atoms with van der Waals surface area (Å²) in [6.45, 7) is 5.35. The molecule has 1 aliphatic rings. The fourth-order valence-corrected chi connectivity index (χ4v) is 5.23. The first-order valence-corrected chi connectivity index (χ1v) is 14.2. The van der Waals surface area contributed by atoms with Crippen LogP contribution in [0.3, 0.4) is 0 Å². The van der Waals surface area contributed by atoms with Gasteiger partial charge in [0, 0.05) is 42.0 Å². The molecule has 5 rings (SSSR count). The van der Waals surface area contributed by atoms with Crippen LogP contribution in [-0.4, -0.2) is 50.5 Å². The van der Waals surface area contributed by atoms with Crippen LogP contribution in [0.15, 0.2) is 84.9 Å². The van der Waals surface area contributed by atoms with E-state index in [2.05, 4.69) is 22.3 Å². The van der Waals surface area contributed by atoms with E-state index in [0.29, 0.717) is 29.0 Å². The third kappa shape index (κ3) is 6.81. The first-order chi connectivity index (χ1) is 20.4. The zero-order valence-corrected chi connectivity index (χ0v) is 24.3. The number of ketones is 1. The first-order valence-electron chi connectivity index (χ1n) is 14.2. The number of nitrogens with one attached hydrogen (secondary N) is 1. The minimum absolute atomic E-state index is 0.117. The molecular formula is C35H36N2O5. The highest BCUT2D eigenvalue weighted by atomic mass is 16.5. The van der Waals surface area contributed by atoms with E-state index >= 15 is 0 Å². The molecule has 4 aromatic carbocycles. The Hall–Kier alpha value is -4.62. The highest BCUT2D eigenvalue weighted by Crippen LogP contribution is 2.33. The topological polar surface area (TPSA) is 77.1 Å². The van der Waals surface area contributed by atoms with E-state index in [1.165, 1.54) is 11.1 Å². The predicted octanol–water partition coefficient (Wildman–Crippen LogP) is 6.32. The molecule has 1 heterocycles. The Morgan fingerprint density at radius 1 is 0.810 bits per heavy atom. The lowest BCUT2D eigenvalue weighted by molar-refractivity contribution is 0.102. The van der Waals surface area contributed by atoms with Gasteiger partial charge in [0.15, 0.2) is 17.3 Å². The van der Waals surface area contributed by atoms with Crippen molar-refractivity contribution in [2.45, 2.75) is 26.3 Å². The van der Waals surface area contributed by atoms with E-state index in [9.17, 15) is 9.59 Å². The normalized spacial score (nSPS) is 12.7. The summed E-state index contributed by atoms with van der Waals surface area (Å²) in [4.78, 5) is 28.2. The Morgan fingerprint density at radius 2 is 1.52 bits per heavy atom. The maximum Gasteiger partial charge on any atom is 0.255 e. The number of nitrogens with zero attached hydrogens (tertiary/aromatic N) is 1. The Balaban J connectivity index is 1.12. The monoisotopic (exact) mass is 564 g/mol. The lowest BCUT2D eigenvalue weighted by atomic mass is 9.98. The number of aryl methyl sites for hydroxylation is 1. The van der Waals surface area contributed by atoms with Gasteiger partial charge in [-0.25, -0.2) is 0 Å². The molecule has 1 amide bonds. The fourth-order valence-electron chi connectivity index (χ4n) is 5.23. The second-order valence-corrected chi connectivity index (χ2v) is 10.4. The van der Waals surface area contributed by atoms with E-state index in [-0.39, 0.29) is 11.7 Å². The third-order valence-corrected chi connectivity index (χ3v) is 7.55. The maximum absolute atomic E-state index is 13.0. The Morgan fingerprint density at radius 3 is 2.26 bits per heavy atom. The molecule has 0 unspecified atom stereocenters.